The van der Waals surface area contributed by atoms with Crippen molar-refractivity contribution in [2.75, 3.05) is 6.16 Å². The van der Waals surface area contributed by atoms with E-state index in [9.17, 15) is 4.57 Å². The molecule has 0 heterocycles. The van der Waals surface area contributed by atoms with Crippen molar-refractivity contribution in [1.29, 1.82) is 0 Å². The molecule has 0 saturated heterocycles. The van der Waals surface area contributed by atoms with E-state index in [0.717, 1.165) is 12.8 Å². The molecule has 1 rings (SSSR count). The van der Waals surface area contributed by atoms with Crippen molar-refractivity contribution in [1.82, 2.24) is 0 Å². The smallest absolute Gasteiger partial charge is 0.253 e. The van der Waals surface area contributed by atoms with Crippen molar-refractivity contribution in [3.05, 3.63) is 34.9 Å². The zero-order valence-electron chi connectivity index (χ0n) is 16.4. The summed E-state index contributed by atoms with van der Waals surface area (Å²) in [7, 11) is 0. The van der Waals surface area contributed by atoms with Crippen LogP contribution in [0.25, 0.3) is 0 Å². The topological polar surface area (TPSA) is 17.1 Å². The molecule has 0 aliphatic rings. The van der Waals surface area contributed by atoms with E-state index in [1.54, 1.807) is 5.56 Å². The molecule has 0 radical (unpaired) electrons. The van der Waals surface area contributed by atoms with Crippen LogP contribution in [0.15, 0.2) is 18.2 Å². The summed E-state index contributed by atoms with van der Waals surface area (Å²) in [6.45, 7) is 9.18. The van der Waals surface area contributed by atoms with Crippen LogP contribution in [-0.2, 0) is 11.0 Å². The molecule has 144 valence electrons. The van der Waals surface area contributed by atoms with E-state index < -0.39 is 5.85 Å². The van der Waals surface area contributed by atoms with Gasteiger partial charge in [0.05, 0.1) is 0 Å². The molecule has 0 fully saturated rings. The highest BCUT2D eigenvalue weighted by Gasteiger charge is 2.13. The summed E-state index contributed by atoms with van der Waals surface area (Å²) in [4.78, 5) is 0. The van der Waals surface area contributed by atoms with Gasteiger partial charge in [-0.15, -0.1) is 0 Å². The third-order valence-electron chi connectivity index (χ3n) is 4.84. The molecule has 4 heteroatoms. The summed E-state index contributed by atoms with van der Waals surface area (Å²) in [5, 5.41) is 0. The van der Waals surface area contributed by atoms with Gasteiger partial charge in [-0.2, -0.15) is 0 Å². The van der Waals surface area contributed by atoms with E-state index in [-0.39, 0.29) is 0 Å². The number of benzene rings is 1. The Morgan fingerprint density at radius 2 is 1.24 bits per heavy atom. The maximum Gasteiger partial charge on any atom is 0.253 e. The first-order chi connectivity index (χ1) is 11.7. The number of hydrogen-bond donors (Lipinski definition) is 0. The van der Waals surface area contributed by atoms with Gasteiger partial charge in [0.15, 0.2) is 0 Å². The maximum absolute atomic E-state index is 11.2. The lowest BCUT2D eigenvalue weighted by molar-refractivity contribution is 0.576. The second-order valence-electron chi connectivity index (χ2n) is 7.74. The quantitative estimate of drug-likeness (QED) is 0.251. The summed E-state index contributed by atoms with van der Waals surface area (Å²) < 4.78 is 11.2. The van der Waals surface area contributed by atoms with E-state index in [1.807, 2.05) is 0 Å². The summed E-state index contributed by atoms with van der Waals surface area (Å²) >= 11 is 11.1. The maximum atomic E-state index is 11.2. The van der Waals surface area contributed by atoms with Crippen LogP contribution in [0.1, 0.15) is 101 Å². The van der Waals surface area contributed by atoms with Crippen molar-refractivity contribution < 1.29 is 4.57 Å². The Morgan fingerprint density at radius 1 is 0.800 bits per heavy atom. The minimum absolute atomic E-state index is 0.458. The van der Waals surface area contributed by atoms with Crippen LogP contribution in [0.5, 0.6) is 0 Å². The van der Waals surface area contributed by atoms with Gasteiger partial charge in [0.1, 0.15) is 0 Å². The van der Waals surface area contributed by atoms with Gasteiger partial charge >= 0.3 is 0 Å². The number of rotatable bonds is 12. The first-order valence-corrected chi connectivity index (χ1v) is 13.5. The lowest BCUT2D eigenvalue weighted by atomic mass is 9.86. The molecule has 0 saturated carbocycles. The van der Waals surface area contributed by atoms with E-state index in [2.05, 4.69) is 45.9 Å². The van der Waals surface area contributed by atoms with Crippen molar-refractivity contribution in [3.8, 4) is 0 Å². The molecule has 0 aromatic heterocycles. The van der Waals surface area contributed by atoms with Gasteiger partial charge in [0.25, 0.3) is 5.85 Å². The Labute approximate surface area is 164 Å². The van der Waals surface area contributed by atoms with Crippen LogP contribution in [0.3, 0.4) is 0 Å². The molecular weight excluding hydrogens is 370 g/mol. The molecular formula is C21H35Cl2OP. The van der Waals surface area contributed by atoms with Gasteiger partial charge in [-0.3, -0.25) is 4.57 Å². The Morgan fingerprint density at radius 3 is 1.68 bits per heavy atom. The van der Waals surface area contributed by atoms with Crippen LogP contribution in [0, 0.1) is 0 Å². The first-order valence-electron chi connectivity index (χ1n) is 9.82. The van der Waals surface area contributed by atoms with Gasteiger partial charge in [0.2, 0.25) is 0 Å². The normalized spacial score (nSPS) is 12.3. The highest BCUT2D eigenvalue weighted by molar-refractivity contribution is 8.08. The fourth-order valence-corrected chi connectivity index (χ4v) is 4.78. The second kappa shape index (κ2) is 11.7. The molecule has 0 N–H and O–H groups in total. The molecule has 0 spiro atoms. The third kappa shape index (κ3) is 9.50. The summed E-state index contributed by atoms with van der Waals surface area (Å²) in [5.41, 5.74) is 4.64. The van der Waals surface area contributed by atoms with Crippen molar-refractivity contribution in [2.45, 2.75) is 90.9 Å². The predicted octanol–water partition coefficient (Wildman–Crippen LogP) is 8.88. The van der Waals surface area contributed by atoms with Crippen LogP contribution in [0.2, 0.25) is 0 Å². The van der Waals surface area contributed by atoms with Crippen molar-refractivity contribution in [2.24, 2.45) is 0 Å². The fourth-order valence-electron chi connectivity index (χ4n) is 3.48. The number of unbranched alkanes of at least 4 members (excludes halogenated alkanes) is 6. The Kier molecular flexibility index (Phi) is 10.8. The molecule has 25 heavy (non-hydrogen) atoms. The Hall–Kier alpha value is 0.0300. The van der Waals surface area contributed by atoms with Gasteiger partial charge in [-0.25, -0.2) is 0 Å². The van der Waals surface area contributed by atoms with E-state index >= 15 is 0 Å². The zero-order valence-corrected chi connectivity index (χ0v) is 18.8. The van der Waals surface area contributed by atoms with Gasteiger partial charge < -0.3 is 0 Å². The largest absolute Gasteiger partial charge is 0.289 e. The highest BCUT2D eigenvalue weighted by Crippen LogP contribution is 2.57. The second-order valence-corrected chi connectivity index (χ2v) is 13.1. The summed E-state index contributed by atoms with van der Waals surface area (Å²) in [6.07, 6.45) is 9.88. The van der Waals surface area contributed by atoms with Gasteiger partial charge in [0, 0.05) is 6.16 Å². The fraction of sp³-hybridized carbons (Fsp3) is 0.714. The van der Waals surface area contributed by atoms with Crippen LogP contribution in [0.4, 0.5) is 0 Å². The van der Waals surface area contributed by atoms with Crippen LogP contribution in [-0.4, -0.2) is 6.16 Å². The van der Waals surface area contributed by atoms with Crippen molar-refractivity contribution in [3.63, 3.8) is 0 Å². The van der Waals surface area contributed by atoms with Gasteiger partial charge in [-0.1, -0.05) is 78.0 Å². The minimum Gasteiger partial charge on any atom is -0.289 e. The molecule has 1 aromatic rings. The summed E-state index contributed by atoms with van der Waals surface area (Å²) in [6, 6.07) is 6.82. The predicted molar refractivity (Wildman–Crippen MR) is 115 cm³/mol. The zero-order chi connectivity index (χ0) is 18.9. The molecule has 0 amide bonds. The van der Waals surface area contributed by atoms with Gasteiger partial charge in [-0.05, 0) is 70.3 Å². The Balaban J connectivity index is 2.33. The molecule has 0 atom stereocenters. The number of halogens is 2. The highest BCUT2D eigenvalue weighted by atomic mass is 35.9. The molecule has 1 aromatic carbocycles. The number of hydrogen-bond acceptors (Lipinski definition) is 1. The Bertz CT molecular complexity index is 523. The van der Waals surface area contributed by atoms with Crippen LogP contribution >= 0.6 is 28.3 Å². The van der Waals surface area contributed by atoms with E-state index in [4.69, 9.17) is 22.5 Å². The summed E-state index contributed by atoms with van der Waals surface area (Å²) in [5.74, 6) is -1.67. The lowest BCUT2D eigenvalue weighted by Crippen LogP contribution is -2.03. The SMILES string of the molecule is CC(C)c1cccc(C(C)C)c1CCCCCCCCCP(=O)(Cl)Cl. The molecule has 0 aliphatic carbocycles. The van der Waals surface area contributed by atoms with Crippen LogP contribution < -0.4 is 0 Å². The monoisotopic (exact) mass is 404 g/mol. The van der Waals surface area contributed by atoms with E-state index in [0.29, 0.717) is 18.0 Å². The molecule has 0 bridgehead atoms. The van der Waals surface area contributed by atoms with Crippen molar-refractivity contribution >= 4 is 28.3 Å². The lowest BCUT2D eigenvalue weighted by Gasteiger charge is -2.19. The standard InChI is InChI=1S/C21H35Cl2OP/c1-17(2)19-14-12-15-20(18(3)4)21(19)13-10-8-6-5-7-9-11-16-25(22,23)24/h12,14-15,17-18H,5-11,13,16H2,1-4H3. The average Bonchev–Trinajstić information content (AvgIpc) is 2.51. The average molecular weight is 405 g/mol. The van der Waals surface area contributed by atoms with E-state index in [1.165, 1.54) is 49.7 Å². The third-order valence-corrected chi connectivity index (χ3v) is 6.69. The minimum atomic E-state index is -2.85. The molecule has 0 unspecified atom stereocenters. The first kappa shape index (κ1) is 23.1. The molecule has 0 aliphatic heterocycles. The molecule has 1 nitrogen and oxygen atoms in total.